The molecule has 0 aromatic rings. The molecule has 116 valence electrons. The molecule has 3 aliphatic rings. The number of rotatable bonds is 2. The summed E-state index contributed by atoms with van der Waals surface area (Å²) >= 11 is 0. The summed E-state index contributed by atoms with van der Waals surface area (Å²) in [6, 6.07) is 1.45. The van der Waals surface area contributed by atoms with Gasteiger partial charge in [-0.25, -0.2) is 0 Å². The van der Waals surface area contributed by atoms with E-state index in [0.29, 0.717) is 6.04 Å². The van der Waals surface area contributed by atoms with Crippen molar-refractivity contribution >= 4 is 29.9 Å². The highest BCUT2D eigenvalue weighted by Gasteiger charge is 2.31. The Hall–Kier alpha value is -0.0400. The highest BCUT2D eigenvalue weighted by atomic mass is 127. The zero-order valence-electron chi connectivity index (χ0n) is 12.7. The summed E-state index contributed by atoms with van der Waals surface area (Å²) in [4.78, 5) is 9.66. The number of nitrogens with zero attached hydrogens (tertiary/aromatic N) is 3. The molecule has 0 spiro atoms. The van der Waals surface area contributed by atoms with Crippen LogP contribution < -0.4 is 5.32 Å². The third-order valence-electron chi connectivity index (χ3n) is 5.02. The predicted molar refractivity (Wildman–Crippen MR) is 95.0 cm³/mol. The number of piperidine rings is 1. The summed E-state index contributed by atoms with van der Waals surface area (Å²) in [6.07, 6.45) is 9.55. The smallest absolute Gasteiger partial charge is 0.193 e. The average molecular weight is 392 g/mol. The minimum absolute atomic E-state index is 0. The van der Waals surface area contributed by atoms with Crippen molar-refractivity contribution in [2.24, 2.45) is 4.99 Å². The van der Waals surface area contributed by atoms with E-state index in [1.165, 1.54) is 71.1 Å². The van der Waals surface area contributed by atoms with Crippen molar-refractivity contribution in [3.63, 3.8) is 0 Å². The van der Waals surface area contributed by atoms with Gasteiger partial charge in [0.15, 0.2) is 5.96 Å². The van der Waals surface area contributed by atoms with Crippen LogP contribution in [0.1, 0.15) is 44.9 Å². The predicted octanol–water partition coefficient (Wildman–Crippen LogP) is 2.29. The summed E-state index contributed by atoms with van der Waals surface area (Å²) in [5.74, 6) is 1.14. The molecule has 1 atom stereocenters. The molecule has 0 amide bonds. The molecule has 0 aromatic heterocycles. The third-order valence-corrected chi connectivity index (χ3v) is 5.02. The first-order valence-corrected chi connectivity index (χ1v) is 8.09. The lowest BCUT2D eigenvalue weighted by atomic mass is 9.93. The third kappa shape index (κ3) is 3.78. The molecule has 1 unspecified atom stereocenters. The second-order valence-corrected chi connectivity index (χ2v) is 6.30. The first-order chi connectivity index (χ1) is 9.36. The van der Waals surface area contributed by atoms with Gasteiger partial charge in [0.2, 0.25) is 0 Å². The standard InChI is InChI=1S/C15H28N4.HI/c1-16-15(17-13-6-5-7-13)19-11-8-14(12-19)18-9-3-2-4-10-18;/h13-14H,2-12H2,1H3,(H,16,17);1H. The van der Waals surface area contributed by atoms with Gasteiger partial charge in [0, 0.05) is 32.2 Å². The number of hydrogen-bond acceptors (Lipinski definition) is 2. The number of halogens is 1. The van der Waals surface area contributed by atoms with Gasteiger partial charge in [0.05, 0.1) is 0 Å². The summed E-state index contributed by atoms with van der Waals surface area (Å²) in [6.45, 7) is 4.97. The molecule has 2 heterocycles. The molecule has 0 bridgehead atoms. The Morgan fingerprint density at radius 2 is 1.75 bits per heavy atom. The van der Waals surface area contributed by atoms with Crippen molar-refractivity contribution < 1.29 is 0 Å². The van der Waals surface area contributed by atoms with Crippen LogP contribution in [-0.2, 0) is 0 Å². The van der Waals surface area contributed by atoms with E-state index < -0.39 is 0 Å². The molecule has 2 saturated heterocycles. The van der Waals surface area contributed by atoms with E-state index in [0.717, 1.165) is 12.0 Å². The van der Waals surface area contributed by atoms with E-state index in [1.54, 1.807) is 0 Å². The SMILES string of the molecule is CN=C(NC1CCC1)N1CCC(N2CCCCC2)C1.I. The lowest BCUT2D eigenvalue weighted by Gasteiger charge is -2.34. The summed E-state index contributed by atoms with van der Waals surface area (Å²) in [5.41, 5.74) is 0. The maximum absolute atomic E-state index is 4.48. The zero-order valence-corrected chi connectivity index (χ0v) is 15.0. The molecule has 3 rings (SSSR count). The Bertz CT molecular complexity index is 324. The highest BCUT2D eigenvalue weighted by molar-refractivity contribution is 14.0. The number of guanidine groups is 1. The van der Waals surface area contributed by atoms with Crippen LogP contribution in [0, 0.1) is 0 Å². The topological polar surface area (TPSA) is 30.9 Å². The fraction of sp³-hybridized carbons (Fsp3) is 0.933. The molecular weight excluding hydrogens is 363 g/mol. The van der Waals surface area contributed by atoms with Crippen molar-refractivity contribution in [1.29, 1.82) is 0 Å². The van der Waals surface area contributed by atoms with Gasteiger partial charge in [-0.15, -0.1) is 24.0 Å². The second kappa shape index (κ2) is 7.82. The van der Waals surface area contributed by atoms with Crippen molar-refractivity contribution in [2.45, 2.75) is 57.0 Å². The molecule has 1 N–H and O–H groups in total. The average Bonchev–Trinajstić information content (AvgIpc) is 2.88. The molecular formula is C15H29IN4. The van der Waals surface area contributed by atoms with Gasteiger partial charge in [0.1, 0.15) is 0 Å². The number of nitrogens with one attached hydrogen (secondary N) is 1. The molecule has 1 aliphatic carbocycles. The van der Waals surface area contributed by atoms with E-state index in [2.05, 4.69) is 20.1 Å². The summed E-state index contributed by atoms with van der Waals surface area (Å²) in [5, 5.41) is 3.63. The molecule has 3 fully saturated rings. The Balaban J connectivity index is 0.00000147. The number of hydrogen-bond donors (Lipinski definition) is 1. The summed E-state index contributed by atoms with van der Waals surface area (Å²) < 4.78 is 0. The maximum atomic E-state index is 4.48. The van der Waals surface area contributed by atoms with Crippen molar-refractivity contribution in [3.8, 4) is 0 Å². The van der Waals surface area contributed by atoms with Crippen LogP contribution in [0.5, 0.6) is 0 Å². The van der Waals surface area contributed by atoms with Crippen LogP contribution in [0.3, 0.4) is 0 Å². The molecule has 0 aromatic carbocycles. The largest absolute Gasteiger partial charge is 0.354 e. The van der Waals surface area contributed by atoms with Gasteiger partial charge in [-0.2, -0.15) is 0 Å². The molecule has 1 saturated carbocycles. The molecule has 20 heavy (non-hydrogen) atoms. The molecule has 4 nitrogen and oxygen atoms in total. The van der Waals surface area contributed by atoms with Gasteiger partial charge < -0.3 is 10.2 Å². The maximum Gasteiger partial charge on any atom is 0.193 e. The van der Waals surface area contributed by atoms with Gasteiger partial charge >= 0.3 is 0 Å². The summed E-state index contributed by atoms with van der Waals surface area (Å²) in [7, 11) is 1.93. The van der Waals surface area contributed by atoms with E-state index in [9.17, 15) is 0 Å². The van der Waals surface area contributed by atoms with Crippen LogP contribution in [0.15, 0.2) is 4.99 Å². The normalized spacial score (nSPS) is 28.9. The van der Waals surface area contributed by atoms with Crippen molar-refractivity contribution in [2.75, 3.05) is 33.2 Å². The van der Waals surface area contributed by atoms with E-state index in [1.807, 2.05) is 7.05 Å². The second-order valence-electron chi connectivity index (χ2n) is 6.30. The van der Waals surface area contributed by atoms with Crippen LogP contribution in [0.4, 0.5) is 0 Å². The monoisotopic (exact) mass is 392 g/mol. The van der Waals surface area contributed by atoms with Crippen LogP contribution in [-0.4, -0.2) is 61.1 Å². The van der Waals surface area contributed by atoms with E-state index in [4.69, 9.17) is 0 Å². The minimum Gasteiger partial charge on any atom is -0.354 e. The van der Waals surface area contributed by atoms with Crippen LogP contribution in [0.25, 0.3) is 0 Å². The Morgan fingerprint density at radius 1 is 1.00 bits per heavy atom. The molecule has 2 aliphatic heterocycles. The molecule has 0 radical (unpaired) electrons. The number of aliphatic imine (C=N–C) groups is 1. The van der Waals surface area contributed by atoms with Gasteiger partial charge in [-0.05, 0) is 51.6 Å². The van der Waals surface area contributed by atoms with E-state index >= 15 is 0 Å². The Labute approximate surface area is 140 Å². The zero-order chi connectivity index (χ0) is 13.1. The van der Waals surface area contributed by atoms with Crippen LogP contribution >= 0.6 is 24.0 Å². The lowest BCUT2D eigenvalue weighted by molar-refractivity contribution is 0.168. The first kappa shape index (κ1) is 16.3. The van der Waals surface area contributed by atoms with Gasteiger partial charge in [-0.3, -0.25) is 9.89 Å². The highest BCUT2D eigenvalue weighted by Crippen LogP contribution is 2.22. The quantitative estimate of drug-likeness (QED) is 0.445. The minimum atomic E-state index is 0. The number of likely N-dealkylation sites (tertiary alicyclic amines) is 2. The van der Waals surface area contributed by atoms with Crippen molar-refractivity contribution in [1.82, 2.24) is 15.1 Å². The van der Waals surface area contributed by atoms with E-state index in [-0.39, 0.29) is 24.0 Å². The van der Waals surface area contributed by atoms with Crippen LogP contribution in [0.2, 0.25) is 0 Å². The lowest BCUT2D eigenvalue weighted by Crippen LogP contribution is -2.49. The Morgan fingerprint density at radius 3 is 2.35 bits per heavy atom. The van der Waals surface area contributed by atoms with Gasteiger partial charge in [-0.1, -0.05) is 6.42 Å². The molecule has 5 heteroatoms. The fourth-order valence-corrected chi connectivity index (χ4v) is 3.55. The first-order valence-electron chi connectivity index (χ1n) is 8.09. The fourth-order valence-electron chi connectivity index (χ4n) is 3.55. The van der Waals surface area contributed by atoms with Crippen molar-refractivity contribution in [3.05, 3.63) is 0 Å². The van der Waals surface area contributed by atoms with Gasteiger partial charge in [0.25, 0.3) is 0 Å². The Kier molecular flexibility index (Phi) is 6.39.